The first-order valence-electron chi connectivity index (χ1n) is 10.1. The number of carbonyl (C=O) groups excluding carboxylic acids is 1. The van der Waals surface area contributed by atoms with Gasteiger partial charge in [0.2, 0.25) is 0 Å². The number of benzene rings is 2. The molecule has 2 heterocycles. The van der Waals surface area contributed by atoms with Crippen LogP contribution in [0.5, 0.6) is 5.75 Å². The first-order valence-corrected chi connectivity index (χ1v) is 10.1. The molecule has 1 aliphatic carbocycles. The van der Waals surface area contributed by atoms with E-state index in [1.807, 2.05) is 24.3 Å². The molecule has 150 valence electrons. The highest BCUT2D eigenvalue weighted by molar-refractivity contribution is 5.94. The average Bonchev–Trinajstić information content (AvgIpc) is 3.33. The quantitative estimate of drug-likeness (QED) is 0.647. The first-order chi connectivity index (χ1) is 14.7. The van der Waals surface area contributed by atoms with E-state index >= 15 is 0 Å². The normalized spacial score (nSPS) is 18.2. The smallest absolute Gasteiger partial charge is 0.261 e. The van der Waals surface area contributed by atoms with Crippen molar-refractivity contribution >= 4 is 5.91 Å². The van der Waals surface area contributed by atoms with E-state index in [-0.39, 0.29) is 12.0 Å². The number of likely N-dealkylation sites (tertiary alicyclic amines) is 1. The summed E-state index contributed by atoms with van der Waals surface area (Å²) in [6, 6.07) is 16.5. The van der Waals surface area contributed by atoms with Gasteiger partial charge in [-0.05, 0) is 43.2 Å². The van der Waals surface area contributed by atoms with Gasteiger partial charge in [-0.25, -0.2) is 0 Å². The molecule has 1 aromatic heterocycles. The van der Waals surface area contributed by atoms with Crippen LogP contribution in [0, 0.1) is 11.3 Å². The number of nitriles is 1. The summed E-state index contributed by atoms with van der Waals surface area (Å²) in [5.41, 5.74) is 1.77. The number of ether oxygens (including phenoxy) is 1. The molecule has 7 heteroatoms. The Morgan fingerprint density at radius 1 is 1.17 bits per heavy atom. The fourth-order valence-electron chi connectivity index (χ4n) is 3.69. The Hall–Kier alpha value is -3.66. The molecule has 1 amide bonds. The van der Waals surface area contributed by atoms with Crippen molar-refractivity contribution in [3.8, 4) is 23.3 Å². The van der Waals surface area contributed by atoms with E-state index in [1.54, 1.807) is 29.2 Å². The minimum absolute atomic E-state index is 0.0857. The second kappa shape index (κ2) is 7.64. The number of hydrogen-bond acceptors (Lipinski definition) is 6. The van der Waals surface area contributed by atoms with Gasteiger partial charge in [0.15, 0.2) is 5.82 Å². The fraction of sp³-hybridized carbons (Fsp3) is 0.304. The molecular weight excluding hydrogens is 380 g/mol. The van der Waals surface area contributed by atoms with Crippen LogP contribution in [0.4, 0.5) is 0 Å². The number of amides is 1. The van der Waals surface area contributed by atoms with Gasteiger partial charge in [0.25, 0.3) is 11.8 Å². The maximum atomic E-state index is 12.8. The molecule has 1 unspecified atom stereocenters. The average molecular weight is 400 g/mol. The van der Waals surface area contributed by atoms with E-state index in [1.165, 1.54) is 0 Å². The van der Waals surface area contributed by atoms with Gasteiger partial charge < -0.3 is 14.2 Å². The van der Waals surface area contributed by atoms with E-state index in [2.05, 4.69) is 16.2 Å². The second-order valence-electron chi connectivity index (χ2n) is 7.70. The van der Waals surface area contributed by atoms with Crippen molar-refractivity contribution in [2.45, 2.75) is 31.3 Å². The van der Waals surface area contributed by atoms with Gasteiger partial charge >= 0.3 is 0 Å². The Morgan fingerprint density at radius 2 is 2.03 bits per heavy atom. The van der Waals surface area contributed by atoms with Gasteiger partial charge in [-0.1, -0.05) is 23.4 Å². The topological polar surface area (TPSA) is 92.2 Å². The highest BCUT2D eigenvalue weighted by Gasteiger charge is 2.31. The molecule has 0 radical (unpaired) electrons. The molecule has 0 bridgehead atoms. The molecule has 1 saturated heterocycles. The number of nitrogens with zero attached hydrogens (tertiary/aromatic N) is 4. The van der Waals surface area contributed by atoms with Crippen LogP contribution >= 0.6 is 0 Å². The van der Waals surface area contributed by atoms with Crippen LogP contribution in [-0.2, 0) is 0 Å². The van der Waals surface area contributed by atoms with Crippen LogP contribution in [0.1, 0.15) is 46.9 Å². The molecule has 2 aliphatic rings. The lowest BCUT2D eigenvalue weighted by molar-refractivity contribution is 0.0772. The largest absolute Gasteiger partial charge is 0.488 e. The zero-order chi connectivity index (χ0) is 20.5. The van der Waals surface area contributed by atoms with Crippen molar-refractivity contribution in [1.29, 1.82) is 5.26 Å². The van der Waals surface area contributed by atoms with Crippen LogP contribution < -0.4 is 4.74 Å². The Bertz CT molecular complexity index is 1130. The SMILES string of the molecule is N#Cc1cccc(C(=O)N2CCC(Oc3ccccc3-c3nc(C4CC4)no3)C2)c1. The van der Waals surface area contributed by atoms with Crippen molar-refractivity contribution in [3.05, 3.63) is 65.5 Å². The van der Waals surface area contributed by atoms with Crippen molar-refractivity contribution < 1.29 is 14.1 Å². The predicted molar refractivity (Wildman–Crippen MR) is 108 cm³/mol. The van der Waals surface area contributed by atoms with Gasteiger partial charge in [0.1, 0.15) is 11.9 Å². The third-order valence-electron chi connectivity index (χ3n) is 5.47. The number of para-hydroxylation sites is 1. The second-order valence-corrected chi connectivity index (χ2v) is 7.70. The van der Waals surface area contributed by atoms with Crippen LogP contribution in [0.15, 0.2) is 53.1 Å². The van der Waals surface area contributed by atoms with Crippen LogP contribution in [-0.4, -0.2) is 40.1 Å². The number of rotatable bonds is 5. The number of hydrogen-bond donors (Lipinski definition) is 0. The highest BCUT2D eigenvalue weighted by Crippen LogP contribution is 2.40. The van der Waals surface area contributed by atoms with Gasteiger partial charge in [-0.3, -0.25) is 4.79 Å². The molecule has 2 fully saturated rings. The Kier molecular flexibility index (Phi) is 4.68. The molecule has 0 spiro atoms. The van der Waals surface area contributed by atoms with Gasteiger partial charge in [-0.2, -0.15) is 10.2 Å². The third-order valence-corrected chi connectivity index (χ3v) is 5.47. The van der Waals surface area contributed by atoms with Crippen molar-refractivity contribution in [1.82, 2.24) is 15.0 Å². The molecule has 1 atom stereocenters. The van der Waals surface area contributed by atoms with Gasteiger partial charge in [0, 0.05) is 24.4 Å². The van der Waals surface area contributed by atoms with Crippen LogP contribution in [0.2, 0.25) is 0 Å². The molecule has 30 heavy (non-hydrogen) atoms. The van der Waals surface area contributed by atoms with E-state index in [9.17, 15) is 4.79 Å². The first kappa shape index (κ1) is 18.4. The molecule has 2 aromatic carbocycles. The Balaban J connectivity index is 1.29. The van der Waals surface area contributed by atoms with Crippen molar-refractivity contribution in [3.63, 3.8) is 0 Å². The standard InChI is InChI=1S/C23H20N4O3/c24-13-15-4-3-5-17(12-15)23(28)27-11-10-18(14-27)29-20-7-2-1-6-19(20)22-25-21(26-30-22)16-8-9-16/h1-7,12,16,18H,8-11,14H2. The summed E-state index contributed by atoms with van der Waals surface area (Å²) in [6.45, 7) is 1.09. The molecule has 5 rings (SSSR count). The van der Waals surface area contributed by atoms with Gasteiger partial charge in [-0.15, -0.1) is 0 Å². The zero-order valence-corrected chi connectivity index (χ0v) is 16.3. The van der Waals surface area contributed by atoms with E-state index in [0.717, 1.165) is 30.7 Å². The highest BCUT2D eigenvalue weighted by atomic mass is 16.5. The minimum Gasteiger partial charge on any atom is -0.488 e. The van der Waals surface area contributed by atoms with E-state index in [4.69, 9.17) is 14.5 Å². The number of aromatic nitrogens is 2. The minimum atomic E-state index is -0.125. The molecule has 1 aliphatic heterocycles. The molecule has 0 N–H and O–H groups in total. The predicted octanol–water partition coefficient (Wildman–Crippen LogP) is 3.78. The summed E-state index contributed by atoms with van der Waals surface area (Å²) in [7, 11) is 0. The molecular formula is C23H20N4O3. The third kappa shape index (κ3) is 3.64. The summed E-state index contributed by atoms with van der Waals surface area (Å²) in [6.07, 6.45) is 2.83. The van der Waals surface area contributed by atoms with Crippen LogP contribution in [0.25, 0.3) is 11.5 Å². The lowest BCUT2D eigenvalue weighted by Gasteiger charge is -2.18. The lowest BCUT2D eigenvalue weighted by atomic mass is 10.1. The van der Waals surface area contributed by atoms with Crippen molar-refractivity contribution in [2.75, 3.05) is 13.1 Å². The lowest BCUT2D eigenvalue weighted by Crippen LogP contribution is -2.31. The fourth-order valence-corrected chi connectivity index (χ4v) is 3.69. The summed E-state index contributed by atoms with van der Waals surface area (Å²) in [5.74, 6) is 2.24. The maximum Gasteiger partial charge on any atom is 0.261 e. The van der Waals surface area contributed by atoms with Crippen LogP contribution in [0.3, 0.4) is 0 Å². The summed E-state index contributed by atoms with van der Waals surface area (Å²) in [5, 5.41) is 13.2. The zero-order valence-electron chi connectivity index (χ0n) is 16.3. The monoisotopic (exact) mass is 400 g/mol. The Morgan fingerprint density at radius 3 is 2.87 bits per heavy atom. The summed E-state index contributed by atoms with van der Waals surface area (Å²) < 4.78 is 11.7. The van der Waals surface area contributed by atoms with Gasteiger partial charge in [0.05, 0.1) is 23.7 Å². The molecule has 1 saturated carbocycles. The van der Waals surface area contributed by atoms with Crippen molar-refractivity contribution in [2.24, 2.45) is 0 Å². The van der Waals surface area contributed by atoms with E-state index < -0.39 is 0 Å². The van der Waals surface area contributed by atoms with E-state index in [0.29, 0.717) is 41.8 Å². The molecule has 3 aromatic rings. The molecule has 7 nitrogen and oxygen atoms in total. The number of carbonyl (C=O) groups is 1. The Labute approximate surface area is 173 Å². The summed E-state index contributed by atoms with van der Waals surface area (Å²) >= 11 is 0. The summed E-state index contributed by atoms with van der Waals surface area (Å²) in [4.78, 5) is 19.1. The maximum absolute atomic E-state index is 12.8.